The van der Waals surface area contributed by atoms with E-state index in [0.717, 1.165) is 0 Å². The fourth-order valence-corrected chi connectivity index (χ4v) is 1.70. The third-order valence-electron chi connectivity index (χ3n) is 2.61. The first-order valence-corrected chi connectivity index (χ1v) is 13.1. The molecule has 0 nitrogen and oxygen atoms in total. The summed E-state index contributed by atoms with van der Waals surface area (Å²) in [6.45, 7) is 2.26. The number of hydrogen-bond donors (Lipinski definition) is 0. The topological polar surface area (TPSA) is 0 Å². The van der Waals surface area contributed by atoms with Crippen LogP contribution >= 0.6 is 13.6 Å². The second-order valence-corrected chi connectivity index (χ2v) is 3.93. The van der Waals surface area contributed by atoms with Gasteiger partial charge < -0.3 is 0 Å². The van der Waals surface area contributed by atoms with Gasteiger partial charge in [0.25, 0.3) is 0 Å². The van der Waals surface area contributed by atoms with Gasteiger partial charge in [-0.3, -0.25) is 0 Å². The molecule has 0 aliphatic carbocycles. The summed E-state index contributed by atoms with van der Waals surface area (Å²) in [6, 6.07) is 11.4. The van der Waals surface area contributed by atoms with Gasteiger partial charge in [0.05, 0.1) is 0 Å². The summed E-state index contributed by atoms with van der Waals surface area (Å²) in [6.07, 6.45) is 9.54. The Bertz CT molecular complexity index is 223. The average Bonchev–Trinajstić information content (AvgIpc) is 2.37. The number of rotatable bonds is 7. The molecular weight excluding hydrogens is 313 g/mol. The maximum atomic E-state index is 3.06. The van der Waals surface area contributed by atoms with Gasteiger partial charge in [-0.25, -0.2) is 0 Å². The van der Waals surface area contributed by atoms with E-state index in [-0.39, 0.29) is 0 Å². The van der Waals surface area contributed by atoms with Crippen LogP contribution in [0.15, 0.2) is 24.3 Å². The van der Waals surface area contributed by atoms with Crippen LogP contribution in [-0.2, 0) is 22.8 Å². The second kappa shape index (κ2) is 13.4. The van der Waals surface area contributed by atoms with E-state index in [1.807, 2.05) is 12.1 Å². The monoisotopic (exact) mass is 332 g/mol. The zero-order valence-electron chi connectivity index (χ0n) is 10.3. The number of hydrogen-bond acceptors (Lipinski definition) is 0. The predicted octanol–water partition coefficient (Wildman–Crippen LogP) is 5.23. The quantitative estimate of drug-likeness (QED) is 0.364. The Morgan fingerprint density at radius 1 is 1.00 bits per heavy atom. The van der Waals surface area contributed by atoms with Crippen LogP contribution in [-0.4, -0.2) is 0 Å². The molecule has 0 aromatic heterocycles. The molecule has 0 heterocycles. The molecule has 2 heteroatoms. The summed E-state index contributed by atoms with van der Waals surface area (Å²) in [7, 11) is 0. The van der Waals surface area contributed by atoms with Gasteiger partial charge in [-0.2, -0.15) is 35.9 Å². The first-order chi connectivity index (χ1) is 7.93. The van der Waals surface area contributed by atoms with Gasteiger partial charge in [0.1, 0.15) is 0 Å². The van der Waals surface area contributed by atoms with E-state index in [1.54, 1.807) is 0 Å². The summed E-state index contributed by atoms with van der Waals surface area (Å²) in [5.41, 5.74) is 1.46. The molecule has 0 radical (unpaired) electrons. The fraction of sp³-hybridized carbons (Fsp3) is 0.571. The molecule has 0 bridgehead atoms. The summed E-state index contributed by atoms with van der Waals surface area (Å²) >= 11 is 4.25. The molecule has 0 fully saturated rings. The standard InChI is InChI=1S/C14H21.BrH.Zn/c1-2-3-4-5-6-8-11-14-12-9-7-10-13-14;;/h9-10,12-13H,2-6,8,11H2,1H3;1H;/q-1;;+2/p-1. The van der Waals surface area contributed by atoms with Crippen molar-refractivity contribution >= 4 is 13.6 Å². The SMILES string of the molecule is CCCCCCCCc1cc[c-]cc1.[Zn+][Br]. The normalized spacial score (nSPS) is 9.50. The average molecular weight is 335 g/mol. The van der Waals surface area contributed by atoms with Gasteiger partial charge in [0.2, 0.25) is 0 Å². The van der Waals surface area contributed by atoms with Crippen LogP contribution in [0.5, 0.6) is 0 Å². The minimum atomic E-state index is 1.19. The van der Waals surface area contributed by atoms with Crippen molar-refractivity contribution in [3.8, 4) is 0 Å². The third kappa shape index (κ3) is 9.54. The molecule has 1 aromatic carbocycles. The van der Waals surface area contributed by atoms with Gasteiger partial charge >= 0.3 is 30.0 Å². The zero-order valence-corrected chi connectivity index (χ0v) is 14.9. The van der Waals surface area contributed by atoms with Gasteiger partial charge in [-0.15, -0.1) is 0 Å². The van der Waals surface area contributed by atoms with Crippen LogP contribution in [0, 0.1) is 6.07 Å². The van der Waals surface area contributed by atoms with E-state index in [0.29, 0.717) is 0 Å². The molecular formula is C14H21BrZn. The molecule has 0 N–H and O–H groups in total. The Morgan fingerprint density at radius 2 is 1.56 bits per heavy atom. The molecule has 0 saturated carbocycles. The molecule has 0 unspecified atom stereocenters. The molecule has 86 valence electrons. The Labute approximate surface area is 117 Å². The van der Waals surface area contributed by atoms with Crippen molar-refractivity contribution in [2.45, 2.75) is 51.9 Å². The molecule has 0 atom stereocenters. The number of unbranched alkanes of at least 4 members (excludes halogenated alkanes) is 5. The van der Waals surface area contributed by atoms with Crippen molar-refractivity contribution in [3.05, 3.63) is 35.9 Å². The van der Waals surface area contributed by atoms with Crippen molar-refractivity contribution in [1.29, 1.82) is 0 Å². The maximum absolute atomic E-state index is 3.06. The van der Waals surface area contributed by atoms with Crippen LogP contribution < -0.4 is 0 Å². The van der Waals surface area contributed by atoms with Crippen molar-refractivity contribution in [3.63, 3.8) is 0 Å². The van der Waals surface area contributed by atoms with Gasteiger partial charge in [0, 0.05) is 0 Å². The molecule has 0 aliphatic heterocycles. The van der Waals surface area contributed by atoms with E-state index < -0.39 is 0 Å². The van der Waals surface area contributed by atoms with Gasteiger partial charge in [-0.05, 0) is 0 Å². The van der Waals surface area contributed by atoms with Crippen molar-refractivity contribution in [1.82, 2.24) is 0 Å². The molecule has 0 saturated heterocycles. The van der Waals surface area contributed by atoms with Crippen molar-refractivity contribution < 1.29 is 16.3 Å². The second-order valence-electron chi connectivity index (χ2n) is 3.93. The molecule has 1 rings (SSSR count). The van der Waals surface area contributed by atoms with Crippen LogP contribution in [0.2, 0.25) is 0 Å². The summed E-state index contributed by atoms with van der Waals surface area (Å²) in [5, 5.41) is 0. The first-order valence-electron chi connectivity index (χ1n) is 6.15. The Balaban J connectivity index is 0.00000106. The van der Waals surface area contributed by atoms with E-state index in [4.69, 9.17) is 0 Å². The summed E-state index contributed by atoms with van der Waals surface area (Å²) < 4.78 is 0. The van der Waals surface area contributed by atoms with Crippen LogP contribution in [0.4, 0.5) is 0 Å². The molecule has 1 aromatic rings. The fourth-order valence-electron chi connectivity index (χ4n) is 1.70. The van der Waals surface area contributed by atoms with Crippen LogP contribution in [0.3, 0.4) is 0 Å². The molecule has 0 aliphatic rings. The molecule has 0 amide bonds. The Morgan fingerprint density at radius 3 is 2.19 bits per heavy atom. The third-order valence-corrected chi connectivity index (χ3v) is 2.61. The van der Waals surface area contributed by atoms with Crippen molar-refractivity contribution in [2.24, 2.45) is 0 Å². The number of aryl methyl sites for hydroxylation is 1. The van der Waals surface area contributed by atoms with Crippen LogP contribution in [0.1, 0.15) is 51.0 Å². The summed E-state index contributed by atoms with van der Waals surface area (Å²) in [4.78, 5) is 0. The van der Waals surface area contributed by atoms with Crippen molar-refractivity contribution in [2.75, 3.05) is 0 Å². The van der Waals surface area contributed by atoms with E-state index in [2.05, 4.69) is 38.7 Å². The van der Waals surface area contributed by atoms with E-state index in [1.165, 1.54) is 66.9 Å². The Kier molecular flexibility index (Phi) is 13.7. The number of benzene rings is 1. The summed E-state index contributed by atoms with van der Waals surface area (Å²) in [5.74, 6) is 0. The van der Waals surface area contributed by atoms with E-state index in [9.17, 15) is 0 Å². The van der Waals surface area contributed by atoms with Gasteiger partial charge in [0.15, 0.2) is 0 Å². The van der Waals surface area contributed by atoms with Gasteiger partial charge in [-0.1, -0.05) is 51.9 Å². The minimum absolute atomic E-state index is 1.19. The van der Waals surface area contributed by atoms with Crippen LogP contribution in [0.25, 0.3) is 0 Å². The predicted molar refractivity (Wildman–Crippen MR) is 71.3 cm³/mol. The molecule has 0 spiro atoms. The first kappa shape index (κ1) is 16.3. The van der Waals surface area contributed by atoms with E-state index >= 15 is 0 Å². The number of halogens is 1. The molecule has 16 heavy (non-hydrogen) atoms. The Hall–Kier alpha value is 0.323. The zero-order chi connectivity index (χ0) is 12.1.